The number of anilines is 1. The summed E-state index contributed by atoms with van der Waals surface area (Å²) in [5, 5.41) is 9.50. The average molecular weight is 686 g/mol. The van der Waals surface area contributed by atoms with Crippen LogP contribution in [0.5, 0.6) is 17.2 Å². The number of fused-ring (bicyclic) bond motifs is 3. The molecule has 3 N–H and O–H groups in total. The number of aryl methyl sites for hydroxylation is 2. The number of hydrogen-bond acceptors (Lipinski definition) is 9. The fourth-order valence-electron chi connectivity index (χ4n) is 6.36. The lowest BCUT2D eigenvalue weighted by Crippen LogP contribution is -2.43. The van der Waals surface area contributed by atoms with Crippen molar-refractivity contribution >= 4 is 29.3 Å². The summed E-state index contributed by atoms with van der Waals surface area (Å²) in [4.78, 5) is 45.0. The van der Waals surface area contributed by atoms with Gasteiger partial charge in [-0.05, 0) is 71.7 Å². The second-order valence-electron chi connectivity index (χ2n) is 11.8. The highest BCUT2D eigenvalue weighted by Crippen LogP contribution is 2.50. The molecule has 12 heteroatoms. The molecule has 0 fully saturated rings. The fraction of sp³-hybridized carbons (Fsp3) is 0.351. The van der Waals surface area contributed by atoms with Gasteiger partial charge in [0.15, 0.2) is 11.5 Å². The van der Waals surface area contributed by atoms with Crippen molar-refractivity contribution < 1.29 is 23.8 Å². The van der Waals surface area contributed by atoms with Gasteiger partial charge in [-0.25, -0.2) is 4.98 Å². The lowest BCUT2D eigenvalue weighted by atomic mass is 9.95. The molecule has 0 radical (unpaired) electrons. The quantitative estimate of drug-likeness (QED) is 0.177. The third-order valence-corrected chi connectivity index (χ3v) is 9.35. The highest BCUT2D eigenvalue weighted by Gasteiger charge is 2.30. The molecule has 0 saturated carbocycles. The molecule has 49 heavy (non-hydrogen) atoms. The van der Waals surface area contributed by atoms with E-state index in [0.717, 1.165) is 16.7 Å². The highest BCUT2D eigenvalue weighted by molar-refractivity contribution is 7.98. The standard InChI is InChI=1S/C37H43N5O6S/c1-22(43)39-27-14-12-24-20-31(46-3)34(47-4)35(48-5)32(24)25-13-15-28(30(44)21-26(25)27)40-29(16-19-49-6)37(45)41-33(23-10-8-7-9-11-23)36-38-17-18-42(36)2/h7-11,13,15,17-18,20-21,27,29,33H,12,14,16,19H2,1-6H3,(H,39,43)(H,40,44)(H,41,45)/t27-,29-,33?/m0/s1. The number of ether oxygens (including phenoxy) is 3. The molecule has 2 amide bonds. The van der Waals surface area contributed by atoms with Gasteiger partial charge in [0.25, 0.3) is 0 Å². The van der Waals surface area contributed by atoms with E-state index in [4.69, 9.17) is 14.2 Å². The van der Waals surface area contributed by atoms with E-state index in [-0.39, 0.29) is 22.9 Å². The highest BCUT2D eigenvalue weighted by atomic mass is 32.2. The number of benzene rings is 2. The molecule has 4 aromatic rings. The van der Waals surface area contributed by atoms with E-state index >= 15 is 0 Å². The van der Waals surface area contributed by atoms with Crippen LogP contribution in [0.1, 0.15) is 54.4 Å². The molecule has 1 aliphatic rings. The Hall–Kier alpha value is -4.97. The van der Waals surface area contributed by atoms with Crippen LogP contribution in [0.15, 0.2) is 71.8 Å². The third kappa shape index (κ3) is 7.69. The summed E-state index contributed by atoms with van der Waals surface area (Å²) in [6.07, 6.45) is 7.11. The number of hydrogen-bond donors (Lipinski definition) is 3. The minimum atomic E-state index is -0.730. The van der Waals surface area contributed by atoms with E-state index in [1.807, 2.05) is 66.5 Å². The van der Waals surface area contributed by atoms with Gasteiger partial charge in [-0.2, -0.15) is 11.8 Å². The van der Waals surface area contributed by atoms with Crippen molar-refractivity contribution in [1.29, 1.82) is 0 Å². The first-order valence-corrected chi connectivity index (χ1v) is 17.5. The van der Waals surface area contributed by atoms with Crippen molar-refractivity contribution in [3.63, 3.8) is 0 Å². The zero-order valence-corrected chi connectivity index (χ0v) is 29.5. The Kier molecular flexibility index (Phi) is 11.5. The second kappa shape index (κ2) is 16.0. The van der Waals surface area contributed by atoms with Gasteiger partial charge in [0.2, 0.25) is 23.0 Å². The maximum absolute atomic E-state index is 14.1. The number of aromatic nitrogens is 2. The molecule has 3 aromatic carbocycles. The van der Waals surface area contributed by atoms with Gasteiger partial charge >= 0.3 is 0 Å². The normalized spacial score (nSPS) is 14.7. The van der Waals surface area contributed by atoms with Gasteiger partial charge in [0.05, 0.1) is 33.1 Å². The molecule has 5 rings (SSSR count). The monoisotopic (exact) mass is 685 g/mol. The number of nitrogens with one attached hydrogen (secondary N) is 3. The lowest BCUT2D eigenvalue weighted by molar-refractivity contribution is -0.122. The first kappa shape index (κ1) is 35.3. The van der Waals surface area contributed by atoms with Crippen LogP contribution < -0.4 is 35.6 Å². The Balaban J connectivity index is 1.59. The average Bonchev–Trinajstić information content (AvgIpc) is 3.39. The van der Waals surface area contributed by atoms with Crippen molar-refractivity contribution in [1.82, 2.24) is 20.2 Å². The van der Waals surface area contributed by atoms with Gasteiger partial charge in [0, 0.05) is 31.9 Å². The van der Waals surface area contributed by atoms with Gasteiger partial charge in [-0.15, -0.1) is 0 Å². The number of carbonyl (C=O) groups is 2. The Morgan fingerprint density at radius 3 is 2.43 bits per heavy atom. The van der Waals surface area contributed by atoms with Gasteiger partial charge in [-0.3, -0.25) is 14.4 Å². The Bertz CT molecular complexity index is 1860. The second-order valence-corrected chi connectivity index (χ2v) is 12.8. The molecule has 0 spiro atoms. The summed E-state index contributed by atoms with van der Waals surface area (Å²) >= 11 is 1.62. The molecule has 1 aliphatic carbocycles. The first-order valence-electron chi connectivity index (χ1n) is 16.1. The van der Waals surface area contributed by atoms with Crippen LogP contribution in [0, 0.1) is 0 Å². The van der Waals surface area contributed by atoms with E-state index < -0.39 is 18.1 Å². The van der Waals surface area contributed by atoms with Crippen LogP contribution in [-0.4, -0.2) is 60.7 Å². The molecule has 1 aromatic heterocycles. The van der Waals surface area contributed by atoms with E-state index in [1.165, 1.54) is 6.92 Å². The zero-order chi connectivity index (χ0) is 35.1. The van der Waals surface area contributed by atoms with Gasteiger partial charge < -0.3 is 34.7 Å². The molecule has 0 saturated heterocycles. The van der Waals surface area contributed by atoms with Crippen molar-refractivity contribution in [2.24, 2.45) is 7.05 Å². The van der Waals surface area contributed by atoms with Crippen LogP contribution >= 0.6 is 11.8 Å². The summed E-state index contributed by atoms with van der Waals surface area (Å²) < 4.78 is 19.1. The zero-order valence-electron chi connectivity index (χ0n) is 28.7. The molecule has 3 atom stereocenters. The summed E-state index contributed by atoms with van der Waals surface area (Å²) in [5.41, 5.74) is 3.85. The number of methoxy groups -OCH3 is 3. The molecular formula is C37H43N5O6S. The van der Waals surface area contributed by atoms with E-state index in [1.54, 1.807) is 51.4 Å². The molecular weight excluding hydrogens is 643 g/mol. The number of thioether (sulfide) groups is 1. The lowest BCUT2D eigenvalue weighted by Gasteiger charge is -2.24. The first-order chi connectivity index (χ1) is 23.7. The third-order valence-electron chi connectivity index (χ3n) is 8.71. The van der Waals surface area contributed by atoms with E-state index in [9.17, 15) is 14.4 Å². The van der Waals surface area contributed by atoms with Crippen LogP contribution in [0.2, 0.25) is 0 Å². The van der Waals surface area contributed by atoms with Crippen molar-refractivity contribution in [2.75, 3.05) is 38.7 Å². The smallest absolute Gasteiger partial charge is 0.243 e. The number of carbonyl (C=O) groups excluding carboxylic acids is 2. The molecule has 1 heterocycles. The topological polar surface area (TPSA) is 133 Å². The fourth-order valence-corrected chi connectivity index (χ4v) is 6.83. The van der Waals surface area contributed by atoms with Gasteiger partial charge in [-0.1, -0.05) is 36.4 Å². The van der Waals surface area contributed by atoms with E-state index in [2.05, 4.69) is 20.9 Å². The Morgan fingerprint density at radius 2 is 1.80 bits per heavy atom. The number of imidazole rings is 1. The van der Waals surface area contributed by atoms with Crippen molar-refractivity contribution in [3.8, 4) is 28.4 Å². The Labute approximate surface area is 290 Å². The maximum atomic E-state index is 14.1. The summed E-state index contributed by atoms with van der Waals surface area (Å²) in [5.74, 6) is 2.30. The largest absolute Gasteiger partial charge is 0.493 e. The molecule has 11 nitrogen and oxygen atoms in total. The van der Waals surface area contributed by atoms with Crippen LogP contribution in [-0.2, 0) is 23.1 Å². The molecule has 258 valence electrons. The SMILES string of the molecule is COc1cc2c(c(OC)c1OC)-c1ccc(N[C@@H](CCSC)C(=O)NC(c3ccccc3)c3nccn3C)c(=O)cc1[C@@H](NC(C)=O)CC2. The number of rotatable bonds is 13. The van der Waals surface area contributed by atoms with Crippen molar-refractivity contribution in [2.45, 2.75) is 44.3 Å². The van der Waals surface area contributed by atoms with Crippen LogP contribution in [0.4, 0.5) is 5.69 Å². The summed E-state index contributed by atoms with van der Waals surface area (Å²) in [6, 6.07) is 15.0. The summed E-state index contributed by atoms with van der Waals surface area (Å²) in [6.45, 7) is 1.46. The Morgan fingerprint density at radius 1 is 1.04 bits per heavy atom. The summed E-state index contributed by atoms with van der Waals surface area (Å²) in [7, 11) is 6.56. The van der Waals surface area contributed by atoms with E-state index in [0.29, 0.717) is 59.2 Å². The van der Waals surface area contributed by atoms with Crippen LogP contribution in [0.3, 0.4) is 0 Å². The van der Waals surface area contributed by atoms with Gasteiger partial charge in [0.1, 0.15) is 17.9 Å². The predicted molar refractivity (Wildman–Crippen MR) is 193 cm³/mol. The number of nitrogens with zero attached hydrogens (tertiary/aromatic N) is 2. The number of amides is 2. The molecule has 0 aliphatic heterocycles. The molecule has 1 unspecified atom stereocenters. The minimum Gasteiger partial charge on any atom is -0.493 e. The van der Waals surface area contributed by atoms with Crippen molar-refractivity contribution in [3.05, 3.63) is 99.7 Å². The predicted octanol–water partition coefficient (Wildman–Crippen LogP) is 5.04. The molecule has 0 bridgehead atoms. The minimum absolute atomic E-state index is 0.212. The van der Waals surface area contributed by atoms with Crippen LogP contribution in [0.25, 0.3) is 11.1 Å². The maximum Gasteiger partial charge on any atom is 0.243 e.